The largest absolute Gasteiger partial charge is 0.390 e. The normalized spacial score (nSPS) is 18.7. The molecule has 2 heterocycles. The molecule has 124 valence electrons. The first-order valence-electron chi connectivity index (χ1n) is 7.73. The topological polar surface area (TPSA) is 87.7 Å². The van der Waals surface area contributed by atoms with E-state index in [0.717, 1.165) is 32.7 Å². The van der Waals surface area contributed by atoms with E-state index in [2.05, 4.69) is 28.7 Å². The van der Waals surface area contributed by atoms with E-state index in [9.17, 15) is 15.2 Å². The molecule has 1 unspecified atom stereocenters. The lowest BCUT2D eigenvalue weighted by Gasteiger charge is -2.36. The maximum Gasteiger partial charge on any atom is 0.306 e. The molecule has 1 aliphatic rings. The van der Waals surface area contributed by atoms with Crippen molar-refractivity contribution in [1.29, 1.82) is 0 Å². The van der Waals surface area contributed by atoms with Gasteiger partial charge in [-0.25, -0.2) is 0 Å². The maximum absolute atomic E-state index is 10.6. The van der Waals surface area contributed by atoms with Crippen molar-refractivity contribution in [2.75, 3.05) is 39.3 Å². The molecule has 1 aliphatic heterocycles. The van der Waals surface area contributed by atoms with Crippen molar-refractivity contribution in [2.45, 2.75) is 26.5 Å². The fourth-order valence-electron chi connectivity index (χ4n) is 2.79. The van der Waals surface area contributed by atoms with E-state index in [1.807, 2.05) is 0 Å². The minimum Gasteiger partial charge on any atom is -0.390 e. The zero-order valence-electron chi connectivity index (χ0n) is 13.3. The summed E-state index contributed by atoms with van der Waals surface area (Å²) < 4.78 is 1.43. The van der Waals surface area contributed by atoms with Crippen molar-refractivity contribution in [3.8, 4) is 0 Å². The van der Waals surface area contributed by atoms with E-state index < -0.39 is 11.0 Å². The van der Waals surface area contributed by atoms with Crippen LogP contribution in [0.25, 0.3) is 0 Å². The van der Waals surface area contributed by atoms with E-state index >= 15 is 0 Å². The van der Waals surface area contributed by atoms with Gasteiger partial charge in [-0.2, -0.15) is 5.10 Å². The molecular formula is C14H25N5O3. The van der Waals surface area contributed by atoms with Crippen LogP contribution < -0.4 is 0 Å². The lowest BCUT2D eigenvalue weighted by molar-refractivity contribution is -0.385. The van der Waals surface area contributed by atoms with Crippen molar-refractivity contribution in [2.24, 2.45) is 5.92 Å². The van der Waals surface area contributed by atoms with Crippen LogP contribution >= 0.6 is 0 Å². The van der Waals surface area contributed by atoms with Crippen molar-refractivity contribution in [3.05, 3.63) is 22.5 Å². The highest BCUT2D eigenvalue weighted by atomic mass is 16.6. The Morgan fingerprint density at radius 2 is 1.82 bits per heavy atom. The van der Waals surface area contributed by atoms with Gasteiger partial charge >= 0.3 is 5.69 Å². The van der Waals surface area contributed by atoms with E-state index in [1.54, 1.807) is 0 Å². The van der Waals surface area contributed by atoms with E-state index in [-0.39, 0.29) is 12.2 Å². The Kier molecular flexibility index (Phi) is 5.87. The Morgan fingerprint density at radius 1 is 1.23 bits per heavy atom. The highest BCUT2D eigenvalue weighted by Crippen LogP contribution is 2.09. The Morgan fingerprint density at radius 3 is 2.32 bits per heavy atom. The summed E-state index contributed by atoms with van der Waals surface area (Å²) in [6.07, 6.45) is 1.98. The van der Waals surface area contributed by atoms with E-state index in [1.165, 1.54) is 17.1 Å². The van der Waals surface area contributed by atoms with Gasteiger partial charge in [0.15, 0.2) is 0 Å². The van der Waals surface area contributed by atoms with Gasteiger partial charge in [-0.3, -0.25) is 19.7 Å². The minimum absolute atomic E-state index is 0.0468. The molecule has 0 aromatic carbocycles. The van der Waals surface area contributed by atoms with Gasteiger partial charge in [0.1, 0.15) is 12.4 Å². The second-order valence-electron chi connectivity index (χ2n) is 6.33. The third-order valence-corrected chi connectivity index (χ3v) is 3.79. The number of hydrogen-bond donors (Lipinski definition) is 1. The highest BCUT2D eigenvalue weighted by molar-refractivity contribution is 5.20. The molecule has 1 aromatic heterocycles. The quantitative estimate of drug-likeness (QED) is 0.580. The van der Waals surface area contributed by atoms with Gasteiger partial charge in [-0.05, 0) is 5.92 Å². The molecular weight excluding hydrogens is 286 g/mol. The Balaban J connectivity index is 1.73. The van der Waals surface area contributed by atoms with Crippen LogP contribution in [0.4, 0.5) is 5.69 Å². The standard InChI is InChI=1S/C14H25N5O3/c1-12(2)8-16-3-5-17(6-4-16)10-14(20)11-18-9-13(7-15-18)19(21)22/h7,9,12,14,20H,3-6,8,10-11H2,1-2H3. The summed E-state index contributed by atoms with van der Waals surface area (Å²) in [5, 5.41) is 24.6. The number of nitrogens with zero attached hydrogens (tertiary/aromatic N) is 5. The van der Waals surface area contributed by atoms with Crippen LogP contribution in [0, 0.1) is 16.0 Å². The van der Waals surface area contributed by atoms with Crippen molar-refractivity contribution in [1.82, 2.24) is 19.6 Å². The summed E-state index contributed by atoms with van der Waals surface area (Å²) in [6, 6.07) is 0. The number of aromatic nitrogens is 2. The molecule has 1 N–H and O–H groups in total. The summed E-state index contributed by atoms with van der Waals surface area (Å²) in [5.41, 5.74) is -0.0468. The molecule has 1 saturated heterocycles. The maximum atomic E-state index is 10.6. The van der Waals surface area contributed by atoms with Crippen molar-refractivity contribution < 1.29 is 10.0 Å². The molecule has 0 saturated carbocycles. The lowest BCUT2D eigenvalue weighted by atomic mass is 10.2. The number of piperazine rings is 1. The summed E-state index contributed by atoms with van der Waals surface area (Å²) in [5.74, 6) is 0.674. The fourth-order valence-corrected chi connectivity index (χ4v) is 2.79. The van der Waals surface area contributed by atoms with Crippen LogP contribution in [0.1, 0.15) is 13.8 Å². The molecule has 0 aliphatic carbocycles. The van der Waals surface area contributed by atoms with Crippen LogP contribution in [0.5, 0.6) is 0 Å². The van der Waals surface area contributed by atoms with Gasteiger partial charge in [0.2, 0.25) is 0 Å². The van der Waals surface area contributed by atoms with Gasteiger partial charge in [-0.15, -0.1) is 0 Å². The van der Waals surface area contributed by atoms with Gasteiger partial charge < -0.3 is 10.0 Å². The lowest BCUT2D eigenvalue weighted by Crippen LogP contribution is -2.49. The third-order valence-electron chi connectivity index (χ3n) is 3.79. The number of β-amino-alcohol motifs (C(OH)–C–C–N with tert-alkyl or cyclic N) is 1. The van der Waals surface area contributed by atoms with E-state index in [0.29, 0.717) is 12.5 Å². The number of hydrogen-bond acceptors (Lipinski definition) is 6. The summed E-state index contributed by atoms with van der Waals surface area (Å²) in [6.45, 7) is 10.4. The smallest absolute Gasteiger partial charge is 0.306 e. The Bertz CT molecular complexity index is 483. The van der Waals surface area contributed by atoms with Crippen LogP contribution in [0.15, 0.2) is 12.4 Å². The summed E-state index contributed by atoms with van der Waals surface area (Å²) in [4.78, 5) is 14.8. The number of nitro groups is 1. The predicted octanol–water partition coefficient (Wildman–Crippen LogP) is 0.426. The average molecular weight is 311 g/mol. The molecule has 1 aromatic rings. The highest BCUT2D eigenvalue weighted by Gasteiger charge is 2.20. The van der Waals surface area contributed by atoms with Gasteiger partial charge in [0, 0.05) is 39.3 Å². The second kappa shape index (κ2) is 7.66. The average Bonchev–Trinajstić information content (AvgIpc) is 2.89. The summed E-state index contributed by atoms with van der Waals surface area (Å²) >= 11 is 0. The first-order valence-corrected chi connectivity index (χ1v) is 7.73. The van der Waals surface area contributed by atoms with E-state index in [4.69, 9.17) is 0 Å². The predicted molar refractivity (Wildman–Crippen MR) is 82.6 cm³/mol. The third kappa shape index (κ3) is 5.04. The second-order valence-corrected chi connectivity index (χ2v) is 6.33. The van der Waals surface area contributed by atoms with Crippen LogP contribution in [0.3, 0.4) is 0 Å². The zero-order valence-corrected chi connectivity index (χ0v) is 13.3. The van der Waals surface area contributed by atoms with Crippen LogP contribution in [-0.2, 0) is 6.54 Å². The molecule has 0 radical (unpaired) electrons. The van der Waals surface area contributed by atoms with Crippen molar-refractivity contribution in [3.63, 3.8) is 0 Å². The molecule has 8 nitrogen and oxygen atoms in total. The molecule has 22 heavy (non-hydrogen) atoms. The number of rotatable bonds is 7. The van der Waals surface area contributed by atoms with Crippen molar-refractivity contribution >= 4 is 5.69 Å². The number of aliphatic hydroxyl groups is 1. The molecule has 0 amide bonds. The summed E-state index contributed by atoms with van der Waals surface area (Å²) in [7, 11) is 0. The molecule has 2 rings (SSSR count). The van der Waals surface area contributed by atoms with Gasteiger partial charge in [-0.1, -0.05) is 13.8 Å². The van der Waals surface area contributed by atoms with Gasteiger partial charge in [0.25, 0.3) is 0 Å². The van der Waals surface area contributed by atoms with Crippen LogP contribution in [-0.4, -0.2) is 75.0 Å². The monoisotopic (exact) mass is 311 g/mol. The number of aliphatic hydroxyl groups excluding tert-OH is 1. The minimum atomic E-state index is -0.573. The Hall–Kier alpha value is -1.51. The SMILES string of the molecule is CC(C)CN1CCN(CC(O)Cn2cc([N+](=O)[O-])cn2)CC1. The molecule has 8 heteroatoms. The first-order chi connectivity index (χ1) is 10.4. The Labute approximate surface area is 130 Å². The fraction of sp³-hybridized carbons (Fsp3) is 0.786. The molecule has 1 atom stereocenters. The first kappa shape index (κ1) is 16.9. The molecule has 1 fully saturated rings. The van der Waals surface area contributed by atoms with Gasteiger partial charge in [0.05, 0.1) is 17.6 Å². The molecule has 0 spiro atoms. The molecule has 0 bridgehead atoms. The van der Waals surface area contributed by atoms with Crippen LogP contribution in [0.2, 0.25) is 0 Å². The zero-order chi connectivity index (χ0) is 16.1.